The van der Waals surface area contributed by atoms with E-state index < -0.39 is 0 Å². The number of hydrogen-bond acceptors (Lipinski definition) is 6. The Morgan fingerprint density at radius 3 is 2.46 bits per heavy atom. The van der Waals surface area contributed by atoms with Crippen molar-refractivity contribution >= 4 is 57.6 Å². The lowest BCUT2D eigenvalue weighted by Crippen LogP contribution is -2.27. The maximum Gasteiger partial charge on any atom is 0.270 e. The van der Waals surface area contributed by atoms with Crippen LogP contribution in [0.3, 0.4) is 0 Å². The summed E-state index contributed by atoms with van der Waals surface area (Å²) in [6, 6.07) is 12.3. The van der Waals surface area contributed by atoms with Gasteiger partial charge in [-0.05, 0) is 42.5 Å². The van der Waals surface area contributed by atoms with E-state index in [-0.39, 0.29) is 11.8 Å². The van der Waals surface area contributed by atoms with Crippen LogP contribution < -0.4 is 19.7 Å². The average molecular weight is 415 g/mol. The van der Waals surface area contributed by atoms with Crippen LogP contribution in [0.25, 0.3) is 6.08 Å². The van der Waals surface area contributed by atoms with Gasteiger partial charge in [-0.2, -0.15) is 0 Å². The maximum absolute atomic E-state index is 12.9. The first-order valence-corrected chi connectivity index (χ1v) is 9.53. The number of nitrogens with one attached hydrogen (secondary N) is 1. The topological polar surface area (TPSA) is 67.9 Å². The van der Waals surface area contributed by atoms with Crippen LogP contribution in [0.15, 0.2) is 47.4 Å². The van der Waals surface area contributed by atoms with E-state index in [1.54, 1.807) is 56.7 Å². The Kier molecular flexibility index (Phi) is 6.01. The number of ether oxygens (including phenoxy) is 2. The summed E-state index contributed by atoms with van der Waals surface area (Å²) < 4.78 is 11.0. The summed E-state index contributed by atoms with van der Waals surface area (Å²) in [5.74, 6) is 0.903. The lowest BCUT2D eigenvalue weighted by atomic mass is 10.1. The normalized spacial score (nSPS) is 15.1. The first-order chi connectivity index (χ1) is 13.4. The number of benzene rings is 2. The predicted molar refractivity (Wildman–Crippen MR) is 116 cm³/mol. The Balaban J connectivity index is 1.87. The number of rotatable bonds is 5. The number of amides is 2. The molecule has 0 aromatic heterocycles. The molecule has 2 aromatic carbocycles. The standard InChI is InChI=1S/C20H18N2O4S2/c1-12(23)21-14-5-7-15(8-6-14)22-19(24)18(28-20(22)27)10-13-4-9-16(25-2)11-17(13)26-3/h4-11H,1-3H3,(H,21,23). The Morgan fingerprint density at radius 1 is 1.14 bits per heavy atom. The number of hydrogen-bond donors (Lipinski definition) is 1. The number of nitrogens with zero attached hydrogens (tertiary/aromatic N) is 1. The van der Waals surface area contributed by atoms with Crippen molar-refractivity contribution in [3.63, 3.8) is 0 Å². The van der Waals surface area contributed by atoms with Gasteiger partial charge in [-0.1, -0.05) is 24.0 Å². The van der Waals surface area contributed by atoms with Crippen LogP contribution in [0.5, 0.6) is 11.5 Å². The van der Waals surface area contributed by atoms with E-state index in [1.165, 1.54) is 23.6 Å². The molecule has 144 valence electrons. The van der Waals surface area contributed by atoms with Gasteiger partial charge in [-0.3, -0.25) is 14.5 Å². The summed E-state index contributed by atoms with van der Waals surface area (Å²) in [4.78, 5) is 26.0. The quantitative estimate of drug-likeness (QED) is 0.588. The minimum atomic E-state index is -0.208. The predicted octanol–water partition coefficient (Wildman–Crippen LogP) is 4.07. The molecular formula is C20H18N2O4S2. The molecule has 1 heterocycles. The Bertz CT molecular complexity index is 971. The van der Waals surface area contributed by atoms with Crippen LogP contribution in [-0.2, 0) is 9.59 Å². The molecule has 0 atom stereocenters. The van der Waals surface area contributed by atoms with E-state index in [1.807, 2.05) is 6.07 Å². The highest BCUT2D eigenvalue weighted by Crippen LogP contribution is 2.38. The molecule has 2 aromatic rings. The molecule has 8 heteroatoms. The molecule has 0 unspecified atom stereocenters. The minimum Gasteiger partial charge on any atom is -0.497 e. The van der Waals surface area contributed by atoms with Gasteiger partial charge in [0.25, 0.3) is 5.91 Å². The molecule has 1 fully saturated rings. The van der Waals surface area contributed by atoms with Crippen molar-refractivity contribution in [1.29, 1.82) is 0 Å². The van der Waals surface area contributed by atoms with Gasteiger partial charge in [0.1, 0.15) is 11.5 Å². The second-order valence-electron chi connectivity index (χ2n) is 5.85. The molecule has 0 saturated carbocycles. The zero-order valence-electron chi connectivity index (χ0n) is 15.5. The Labute approximate surface area is 172 Å². The fraction of sp³-hybridized carbons (Fsp3) is 0.150. The summed E-state index contributed by atoms with van der Waals surface area (Å²) in [6.07, 6.45) is 1.75. The molecule has 1 saturated heterocycles. The molecule has 2 amide bonds. The van der Waals surface area contributed by atoms with Gasteiger partial charge < -0.3 is 14.8 Å². The van der Waals surface area contributed by atoms with Gasteiger partial charge in [-0.15, -0.1) is 0 Å². The lowest BCUT2D eigenvalue weighted by Gasteiger charge is -2.15. The van der Waals surface area contributed by atoms with Crippen LogP contribution >= 0.6 is 24.0 Å². The number of carbonyl (C=O) groups is 2. The van der Waals surface area contributed by atoms with Crippen molar-refractivity contribution in [2.75, 3.05) is 24.4 Å². The molecule has 0 aliphatic carbocycles. The first kappa shape index (κ1) is 19.9. The third-order valence-electron chi connectivity index (χ3n) is 3.97. The van der Waals surface area contributed by atoms with E-state index in [4.69, 9.17) is 21.7 Å². The monoisotopic (exact) mass is 414 g/mol. The van der Waals surface area contributed by atoms with Crippen molar-refractivity contribution in [3.05, 3.63) is 52.9 Å². The fourth-order valence-corrected chi connectivity index (χ4v) is 3.96. The number of thioether (sulfide) groups is 1. The fourth-order valence-electron chi connectivity index (χ4n) is 2.67. The van der Waals surface area contributed by atoms with Gasteiger partial charge >= 0.3 is 0 Å². The minimum absolute atomic E-state index is 0.158. The second-order valence-corrected chi connectivity index (χ2v) is 7.53. The highest BCUT2D eigenvalue weighted by Gasteiger charge is 2.33. The number of carbonyl (C=O) groups excluding carboxylic acids is 2. The largest absolute Gasteiger partial charge is 0.497 e. The molecule has 3 rings (SSSR count). The van der Waals surface area contributed by atoms with Crippen molar-refractivity contribution < 1.29 is 19.1 Å². The third kappa shape index (κ3) is 4.18. The average Bonchev–Trinajstić information content (AvgIpc) is 2.95. The van der Waals surface area contributed by atoms with Gasteiger partial charge in [0.15, 0.2) is 4.32 Å². The highest BCUT2D eigenvalue weighted by molar-refractivity contribution is 8.27. The van der Waals surface area contributed by atoms with E-state index in [0.29, 0.717) is 32.1 Å². The zero-order valence-corrected chi connectivity index (χ0v) is 17.1. The Morgan fingerprint density at radius 2 is 1.86 bits per heavy atom. The molecule has 0 radical (unpaired) electrons. The number of methoxy groups -OCH3 is 2. The molecule has 6 nitrogen and oxygen atoms in total. The lowest BCUT2D eigenvalue weighted by molar-refractivity contribution is -0.114. The zero-order chi connectivity index (χ0) is 20.3. The number of thiocarbonyl (C=S) groups is 1. The van der Waals surface area contributed by atoms with E-state index in [0.717, 1.165) is 5.56 Å². The Hall–Kier alpha value is -2.84. The summed E-state index contributed by atoms with van der Waals surface area (Å²) in [6.45, 7) is 1.44. The van der Waals surface area contributed by atoms with Crippen LogP contribution in [0.2, 0.25) is 0 Å². The molecule has 1 N–H and O–H groups in total. The third-order valence-corrected chi connectivity index (χ3v) is 5.27. The smallest absolute Gasteiger partial charge is 0.270 e. The van der Waals surface area contributed by atoms with Gasteiger partial charge in [-0.25, -0.2) is 0 Å². The van der Waals surface area contributed by atoms with Gasteiger partial charge in [0, 0.05) is 24.2 Å². The van der Waals surface area contributed by atoms with E-state index in [9.17, 15) is 9.59 Å². The number of anilines is 2. The molecule has 0 spiro atoms. The van der Waals surface area contributed by atoms with Crippen molar-refractivity contribution in [3.8, 4) is 11.5 Å². The summed E-state index contributed by atoms with van der Waals surface area (Å²) >= 11 is 6.63. The highest BCUT2D eigenvalue weighted by atomic mass is 32.2. The molecule has 0 bridgehead atoms. The van der Waals surface area contributed by atoms with Gasteiger partial charge in [0.2, 0.25) is 5.91 Å². The van der Waals surface area contributed by atoms with Crippen LogP contribution in [0, 0.1) is 0 Å². The second kappa shape index (κ2) is 8.45. The molecular weight excluding hydrogens is 396 g/mol. The van der Waals surface area contributed by atoms with Crippen LogP contribution in [0.4, 0.5) is 11.4 Å². The summed E-state index contributed by atoms with van der Waals surface area (Å²) in [5, 5.41) is 2.69. The summed E-state index contributed by atoms with van der Waals surface area (Å²) in [5.41, 5.74) is 2.05. The van der Waals surface area contributed by atoms with Gasteiger partial charge in [0.05, 0.1) is 24.8 Å². The van der Waals surface area contributed by atoms with Crippen LogP contribution in [-0.4, -0.2) is 30.4 Å². The van der Waals surface area contributed by atoms with E-state index >= 15 is 0 Å². The van der Waals surface area contributed by atoms with Crippen molar-refractivity contribution in [2.45, 2.75) is 6.92 Å². The molecule has 28 heavy (non-hydrogen) atoms. The van der Waals surface area contributed by atoms with E-state index in [2.05, 4.69) is 5.32 Å². The van der Waals surface area contributed by atoms with Crippen molar-refractivity contribution in [1.82, 2.24) is 0 Å². The van der Waals surface area contributed by atoms with Crippen LogP contribution in [0.1, 0.15) is 12.5 Å². The van der Waals surface area contributed by atoms with Crippen molar-refractivity contribution in [2.24, 2.45) is 0 Å². The summed E-state index contributed by atoms with van der Waals surface area (Å²) in [7, 11) is 3.14. The maximum atomic E-state index is 12.9. The molecule has 1 aliphatic rings. The SMILES string of the molecule is COc1ccc(C=C2SC(=S)N(c3ccc(NC(C)=O)cc3)C2=O)c(OC)c1. The molecule has 1 aliphatic heterocycles. The first-order valence-electron chi connectivity index (χ1n) is 8.30.